The van der Waals surface area contributed by atoms with Gasteiger partial charge >= 0.3 is 0 Å². The summed E-state index contributed by atoms with van der Waals surface area (Å²) in [4.78, 5) is 0. The van der Waals surface area contributed by atoms with Crippen LogP contribution in [0, 0.1) is 6.92 Å². The molecule has 1 unspecified atom stereocenters. The second-order valence-corrected chi connectivity index (χ2v) is 6.78. The maximum atomic E-state index is 4.83. The van der Waals surface area contributed by atoms with E-state index in [-0.39, 0.29) is 0 Å². The van der Waals surface area contributed by atoms with E-state index in [4.69, 9.17) is 5.10 Å². The average Bonchev–Trinajstić information content (AvgIpc) is 3.16. The third kappa shape index (κ3) is 3.39. The van der Waals surface area contributed by atoms with Gasteiger partial charge in [0.1, 0.15) is 0 Å². The zero-order valence-electron chi connectivity index (χ0n) is 12.6. The molecule has 112 valence electrons. The van der Waals surface area contributed by atoms with E-state index in [1.807, 2.05) is 0 Å². The highest BCUT2D eigenvalue weighted by Crippen LogP contribution is 2.30. The maximum Gasteiger partial charge on any atom is 0.0631 e. The first-order valence-corrected chi connectivity index (χ1v) is 9.05. The summed E-state index contributed by atoms with van der Waals surface area (Å²) in [5, 5.41) is 5.81. The van der Waals surface area contributed by atoms with Gasteiger partial charge in [-0.25, -0.2) is 0 Å². The number of hydrogen-bond donors (Lipinski definition) is 0. The molecular weight excluding hydrogens is 324 g/mol. The predicted octanol–water partition coefficient (Wildman–Crippen LogP) is 5.03. The Hall–Kier alpha value is -1.09. The SMILES string of the molecule is Cc1ccccc1C(CBr)Cc1ccn(C2CCCC2)n1. The largest absolute Gasteiger partial charge is 0.269 e. The van der Waals surface area contributed by atoms with Gasteiger partial charge in [0.25, 0.3) is 0 Å². The van der Waals surface area contributed by atoms with E-state index in [9.17, 15) is 0 Å². The summed E-state index contributed by atoms with van der Waals surface area (Å²) in [5.41, 5.74) is 4.02. The number of aromatic nitrogens is 2. The smallest absolute Gasteiger partial charge is 0.0631 e. The molecule has 21 heavy (non-hydrogen) atoms. The predicted molar refractivity (Wildman–Crippen MR) is 91.2 cm³/mol. The summed E-state index contributed by atoms with van der Waals surface area (Å²) < 4.78 is 2.20. The maximum absolute atomic E-state index is 4.83. The standard InChI is InChI=1S/C18H23BrN2/c1-14-6-2-5-9-18(14)15(13-19)12-16-10-11-21(20-16)17-7-3-4-8-17/h2,5-6,9-11,15,17H,3-4,7-8,12-13H2,1H3. The molecule has 2 nitrogen and oxygen atoms in total. The lowest BCUT2D eigenvalue weighted by Crippen LogP contribution is -2.09. The van der Waals surface area contributed by atoms with Gasteiger partial charge in [0.2, 0.25) is 0 Å². The van der Waals surface area contributed by atoms with E-state index in [1.54, 1.807) is 0 Å². The second kappa shape index (κ2) is 6.78. The number of aryl methyl sites for hydroxylation is 1. The van der Waals surface area contributed by atoms with Gasteiger partial charge in [-0.1, -0.05) is 53.0 Å². The molecule has 1 aromatic carbocycles. The Morgan fingerprint density at radius 1 is 1.24 bits per heavy atom. The van der Waals surface area contributed by atoms with Crippen LogP contribution < -0.4 is 0 Å². The molecule has 1 aliphatic carbocycles. The summed E-state index contributed by atoms with van der Waals surface area (Å²) in [7, 11) is 0. The molecule has 1 saturated carbocycles. The Labute approximate surface area is 135 Å². The van der Waals surface area contributed by atoms with Crippen LogP contribution in [0.3, 0.4) is 0 Å². The number of halogens is 1. The minimum absolute atomic E-state index is 0.498. The highest BCUT2D eigenvalue weighted by molar-refractivity contribution is 9.09. The van der Waals surface area contributed by atoms with Crippen molar-refractivity contribution in [2.45, 2.75) is 51.0 Å². The van der Waals surface area contributed by atoms with Crippen molar-refractivity contribution in [3.05, 3.63) is 53.3 Å². The van der Waals surface area contributed by atoms with Crippen molar-refractivity contribution in [1.29, 1.82) is 0 Å². The van der Waals surface area contributed by atoms with Crippen molar-refractivity contribution in [1.82, 2.24) is 9.78 Å². The molecule has 3 rings (SSSR count). The molecule has 0 aliphatic heterocycles. The Bertz CT molecular complexity index is 584. The normalized spacial score (nSPS) is 17.2. The fourth-order valence-corrected chi connectivity index (χ4v) is 3.98. The van der Waals surface area contributed by atoms with Crippen molar-refractivity contribution in [2.75, 3.05) is 5.33 Å². The minimum Gasteiger partial charge on any atom is -0.269 e. The fraction of sp³-hybridized carbons (Fsp3) is 0.500. The molecule has 0 radical (unpaired) electrons. The first kappa shape index (κ1) is 14.8. The number of rotatable bonds is 5. The van der Waals surface area contributed by atoms with Crippen LogP contribution in [0.5, 0.6) is 0 Å². The molecule has 1 aliphatic rings. The van der Waals surface area contributed by atoms with Gasteiger partial charge in [-0.15, -0.1) is 0 Å². The monoisotopic (exact) mass is 346 g/mol. The molecule has 3 heteroatoms. The van der Waals surface area contributed by atoms with Crippen LogP contribution in [-0.2, 0) is 6.42 Å². The van der Waals surface area contributed by atoms with E-state index in [1.165, 1.54) is 42.5 Å². The van der Waals surface area contributed by atoms with Crippen LogP contribution in [0.4, 0.5) is 0 Å². The summed E-state index contributed by atoms with van der Waals surface area (Å²) in [6.07, 6.45) is 8.48. The van der Waals surface area contributed by atoms with Crippen molar-refractivity contribution in [3.63, 3.8) is 0 Å². The minimum atomic E-state index is 0.498. The quantitative estimate of drug-likeness (QED) is 0.694. The van der Waals surface area contributed by atoms with Gasteiger partial charge < -0.3 is 0 Å². The first-order chi connectivity index (χ1) is 10.3. The average molecular weight is 347 g/mol. The van der Waals surface area contributed by atoms with Crippen LogP contribution in [0.2, 0.25) is 0 Å². The van der Waals surface area contributed by atoms with Gasteiger partial charge in [-0.05, 0) is 49.3 Å². The molecule has 1 fully saturated rings. The van der Waals surface area contributed by atoms with Crippen molar-refractivity contribution < 1.29 is 0 Å². The number of hydrogen-bond acceptors (Lipinski definition) is 1. The third-order valence-corrected chi connectivity index (χ3v) is 5.41. The summed E-state index contributed by atoms with van der Waals surface area (Å²) in [6, 6.07) is 11.5. The Morgan fingerprint density at radius 3 is 2.71 bits per heavy atom. The third-order valence-electron chi connectivity index (χ3n) is 4.63. The molecule has 0 spiro atoms. The fourth-order valence-electron chi connectivity index (χ4n) is 3.40. The summed E-state index contributed by atoms with van der Waals surface area (Å²) in [6.45, 7) is 2.20. The lowest BCUT2D eigenvalue weighted by molar-refractivity contribution is 0.461. The molecule has 0 bridgehead atoms. The molecular formula is C18H23BrN2. The van der Waals surface area contributed by atoms with Crippen LogP contribution in [-0.4, -0.2) is 15.1 Å². The lowest BCUT2D eigenvalue weighted by atomic mass is 9.93. The van der Waals surface area contributed by atoms with E-state index < -0.39 is 0 Å². The first-order valence-electron chi connectivity index (χ1n) is 7.93. The molecule has 1 heterocycles. The second-order valence-electron chi connectivity index (χ2n) is 6.14. The van der Waals surface area contributed by atoms with Crippen molar-refractivity contribution in [2.24, 2.45) is 0 Å². The molecule has 0 N–H and O–H groups in total. The molecule has 1 atom stereocenters. The van der Waals surface area contributed by atoms with E-state index >= 15 is 0 Å². The van der Waals surface area contributed by atoms with Crippen molar-refractivity contribution in [3.8, 4) is 0 Å². The van der Waals surface area contributed by atoms with Crippen LogP contribution in [0.15, 0.2) is 36.5 Å². The summed E-state index contributed by atoms with van der Waals surface area (Å²) in [5.74, 6) is 0.498. The number of benzene rings is 1. The Morgan fingerprint density at radius 2 is 2.00 bits per heavy atom. The summed E-state index contributed by atoms with van der Waals surface area (Å²) >= 11 is 3.68. The highest BCUT2D eigenvalue weighted by Gasteiger charge is 2.19. The van der Waals surface area contributed by atoms with Gasteiger partial charge in [0.15, 0.2) is 0 Å². The van der Waals surface area contributed by atoms with Crippen LogP contribution in [0.25, 0.3) is 0 Å². The molecule has 0 saturated heterocycles. The van der Waals surface area contributed by atoms with Crippen molar-refractivity contribution >= 4 is 15.9 Å². The van der Waals surface area contributed by atoms with E-state index in [0.717, 1.165) is 11.8 Å². The number of nitrogens with zero attached hydrogens (tertiary/aromatic N) is 2. The highest BCUT2D eigenvalue weighted by atomic mass is 79.9. The number of alkyl halides is 1. The topological polar surface area (TPSA) is 17.8 Å². The molecule has 1 aromatic heterocycles. The molecule has 0 amide bonds. The van der Waals surface area contributed by atoms with Crippen LogP contribution in [0.1, 0.15) is 54.5 Å². The lowest BCUT2D eigenvalue weighted by Gasteiger charge is -2.16. The Balaban J connectivity index is 1.74. The van der Waals surface area contributed by atoms with Gasteiger partial charge in [0.05, 0.1) is 11.7 Å². The van der Waals surface area contributed by atoms with Gasteiger partial charge in [-0.3, -0.25) is 4.68 Å². The zero-order chi connectivity index (χ0) is 14.7. The Kier molecular flexibility index (Phi) is 4.79. The zero-order valence-corrected chi connectivity index (χ0v) is 14.2. The van der Waals surface area contributed by atoms with Gasteiger partial charge in [-0.2, -0.15) is 5.10 Å². The van der Waals surface area contributed by atoms with Gasteiger partial charge in [0, 0.05) is 11.5 Å². The van der Waals surface area contributed by atoms with E-state index in [2.05, 4.69) is 64.1 Å². The van der Waals surface area contributed by atoms with E-state index in [0.29, 0.717) is 12.0 Å². The molecule has 2 aromatic rings. The van der Waals surface area contributed by atoms with Crippen LogP contribution >= 0.6 is 15.9 Å².